The standard InChI is InChI=1S/C10H15N3O/c14-10(6-8-3-5-11-7-8)13-9-2-1-4-12-9/h1-2,4,8,11-12H,3,5-7H2,(H,13,14). The van der Waals surface area contributed by atoms with E-state index in [2.05, 4.69) is 15.6 Å². The first kappa shape index (κ1) is 9.27. The van der Waals surface area contributed by atoms with Crippen LogP contribution in [0.1, 0.15) is 12.8 Å². The summed E-state index contributed by atoms with van der Waals surface area (Å²) < 4.78 is 0. The topological polar surface area (TPSA) is 56.9 Å². The third-order valence-electron chi connectivity index (χ3n) is 2.51. The Balaban J connectivity index is 1.78. The second-order valence-corrected chi connectivity index (χ2v) is 3.69. The van der Waals surface area contributed by atoms with Gasteiger partial charge in [-0.25, -0.2) is 0 Å². The van der Waals surface area contributed by atoms with Crippen LogP contribution in [0.3, 0.4) is 0 Å². The van der Waals surface area contributed by atoms with Crippen LogP contribution in [0.15, 0.2) is 18.3 Å². The summed E-state index contributed by atoms with van der Waals surface area (Å²) in [5, 5.41) is 6.08. The van der Waals surface area contributed by atoms with E-state index in [1.54, 1.807) is 6.20 Å². The summed E-state index contributed by atoms with van der Waals surface area (Å²) in [6.45, 7) is 2.01. The number of carbonyl (C=O) groups excluding carboxylic acids is 1. The molecule has 0 aromatic carbocycles. The number of amides is 1. The Morgan fingerprint density at radius 2 is 2.57 bits per heavy atom. The van der Waals surface area contributed by atoms with Gasteiger partial charge in [-0.1, -0.05) is 0 Å². The minimum absolute atomic E-state index is 0.0983. The van der Waals surface area contributed by atoms with Crippen molar-refractivity contribution in [1.29, 1.82) is 0 Å². The number of aromatic nitrogens is 1. The molecule has 0 spiro atoms. The zero-order valence-corrected chi connectivity index (χ0v) is 8.05. The maximum Gasteiger partial charge on any atom is 0.225 e. The molecule has 0 saturated carbocycles. The number of H-pyrrole nitrogens is 1. The number of rotatable bonds is 3. The first-order chi connectivity index (χ1) is 6.84. The average Bonchev–Trinajstić information content (AvgIpc) is 2.76. The van der Waals surface area contributed by atoms with Gasteiger partial charge in [0.25, 0.3) is 0 Å². The Morgan fingerprint density at radius 1 is 1.64 bits per heavy atom. The third kappa shape index (κ3) is 2.35. The van der Waals surface area contributed by atoms with Gasteiger partial charge in [-0.15, -0.1) is 0 Å². The Labute approximate surface area is 83.1 Å². The third-order valence-corrected chi connectivity index (χ3v) is 2.51. The van der Waals surface area contributed by atoms with E-state index in [0.717, 1.165) is 25.3 Å². The second kappa shape index (κ2) is 4.28. The normalized spacial score (nSPS) is 21.0. The lowest BCUT2D eigenvalue weighted by atomic mass is 10.0. The molecule has 0 bridgehead atoms. The van der Waals surface area contributed by atoms with Crippen LogP contribution in [-0.4, -0.2) is 24.0 Å². The summed E-state index contributed by atoms with van der Waals surface area (Å²) in [5.41, 5.74) is 0. The fraction of sp³-hybridized carbons (Fsp3) is 0.500. The highest BCUT2D eigenvalue weighted by molar-refractivity contribution is 5.89. The number of carbonyl (C=O) groups is 1. The van der Waals surface area contributed by atoms with E-state index in [9.17, 15) is 4.79 Å². The first-order valence-corrected chi connectivity index (χ1v) is 4.98. The summed E-state index contributed by atoms with van der Waals surface area (Å²) in [6.07, 6.45) is 3.52. The zero-order valence-electron chi connectivity index (χ0n) is 8.05. The van der Waals surface area contributed by atoms with Gasteiger partial charge >= 0.3 is 0 Å². The van der Waals surface area contributed by atoms with Crippen LogP contribution in [0.4, 0.5) is 5.82 Å². The predicted molar refractivity (Wildman–Crippen MR) is 55.0 cm³/mol. The summed E-state index contributed by atoms with van der Waals surface area (Å²) in [7, 11) is 0. The second-order valence-electron chi connectivity index (χ2n) is 3.69. The van der Waals surface area contributed by atoms with Crippen LogP contribution in [0.2, 0.25) is 0 Å². The van der Waals surface area contributed by atoms with Crippen molar-refractivity contribution < 1.29 is 4.79 Å². The number of anilines is 1. The van der Waals surface area contributed by atoms with Gasteiger partial charge in [0, 0.05) is 12.6 Å². The maximum atomic E-state index is 11.5. The molecule has 1 aromatic heterocycles. The van der Waals surface area contributed by atoms with Crippen LogP contribution in [0.25, 0.3) is 0 Å². The van der Waals surface area contributed by atoms with Crippen LogP contribution >= 0.6 is 0 Å². The van der Waals surface area contributed by atoms with Crippen LogP contribution in [0, 0.1) is 5.92 Å². The molecule has 0 radical (unpaired) electrons. The highest BCUT2D eigenvalue weighted by Crippen LogP contribution is 2.13. The summed E-state index contributed by atoms with van der Waals surface area (Å²) in [6, 6.07) is 3.72. The molecule has 1 amide bonds. The van der Waals surface area contributed by atoms with Gasteiger partial charge in [-0.2, -0.15) is 0 Å². The van der Waals surface area contributed by atoms with Gasteiger partial charge in [0.15, 0.2) is 0 Å². The number of hydrogen-bond acceptors (Lipinski definition) is 2. The summed E-state index contributed by atoms with van der Waals surface area (Å²) >= 11 is 0. The molecular weight excluding hydrogens is 178 g/mol. The van der Waals surface area contributed by atoms with Crippen molar-refractivity contribution in [2.45, 2.75) is 12.8 Å². The monoisotopic (exact) mass is 193 g/mol. The van der Waals surface area contributed by atoms with Gasteiger partial charge in [0.05, 0.1) is 0 Å². The Morgan fingerprint density at radius 3 is 3.21 bits per heavy atom. The minimum Gasteiger partial charge on any atom is -0.348 e. The maximum absolute atomic E-state index is 11.5. The lowest BCUT2D eigenvalue weighted by molar-refractivity contribution is -0.117. The molecule has 1 aliphatic heterocycles. The highest BCUT2D eigenvalue weighted by atomic mass is 16.1. The summed E-state index contributed by atoms with van der Waals surface area (Å²) in [5.74, 6) is 1.38. The van der Waals surface area contributed by atoms with Crippen LogP contribution < -0.4 is 10.6 Å². The molecule has 0 aliphatic carbocycles. The molecule has 4 heteroatoms. The molecule has 1 fully saturated rings. The molecule has 2 heterocycles. The van der Waals surface area contributed by atoms with E-state index in [1.807, 2.05) is 12.1 Å². The molecule has 1 aromatic rings. The van der Waals surface area contributed by atoms with Gasteiger partial charge < -0.3 is 15.6 Å². The van der Waals surface area contributed by atoms with E-state index in [-0.39, 0.29) is 5.91 Å². The fourth-order valence-electron chi connectivity index (χ4n) is 1.76. The van der Waals surface area contributed by atoms with Crippen molar-refractivity contribution >= 4 is 11.7 Å². The smallest absolute Gasteiger partial charge is 0.225 e. The molecule has 1 unspecified atom stereocenters. The first-order valence-electron chi connectivity index (χ1n) is 4.98. The van der Waals surface area contributed by atoms with Gasteiger partial charge in [0.2, 0.25) is 5.91 Å². The van der Waals surface area contributed by atoms with E-state index < -0.39 is 0 Å². The molecule has 3 N–H and O–H groups in total. The van der Waals surface area contributed by atoms with Crippen LogP contribution in [-0.2, 0) is 4.79 Å². The predicted octanol–water partition coefficient (Wildman–Crippen LogP) is 0.953. The molecule has 4 nitrogen and oxygen atoms in total. The van der Waals surface area contributed by atoms with Crippen molar-refractivity contribution in [2.24, 2.45) is 5.92 Å². The zero-order chi connectivity index (χ0) is 9.80. The van der Waals surface area contributed by atoms with Gasteiger partial charge in [0.1, 0.15) is 5.82 Å². The minimum atomic E-state index is 0.0983. The molecule has 76 valence electrons. The van der Waals surface area contributed by atoms with Crippen molar-refractivity contribution in [3.63, 3.8) is 0 Å². The molecule has 1 aliphatic rings. The lowest BCUT2D eigenvalue weighted by Gasteiger charge is -2.07. The number of hydrogen-bond donors (Lipinski definition) is 3. The Kier molecular flexibility index (Phi) is 2.84. The SMILES string of the molecule is O=C(CC1CCNC1)Nc1ccc[nH]1. The molecule has 2 rings (SSSR count). The largest absolute Gasteiger partial charge is 0.348 e. The highest BCUT2D eigenvalue weighted by Gasteiger charge is 2.17. The molecule has 1 atom stereocenters. The molecule has 14 heavy (non-hydrogen) atoms. The Hall–Kier alpha value is -1.29. The summed E-state index contributed by atoms with van der Waals surface area (Å²) in [4.78, 5) is 14.5. The van der Waals surface area contributed by atoms with E-state index in [0.29, 0.717) is 12.3 Å². The van der Waals surface area contributed by atoms with Crippen molar-refractivity contribution in [2.75, 3.05) is 18.4 Å². The average molecular weight is 193 g/mol. The van der Waals surface area contributed by atoms with Crippen molar-refractivity contribution in [3.05, 3.63) is 18.3 Å². The van der Waals surface area contributed by atoms with Gasteiger partial charge in [-0.05, 0) is 37.6 Å². The van der Waals surface area contributed by atoms with Crippen LogP contribution in [0.5, 0.6) is 0 Å². The number of nitrogens with one attached hydrogen (secondary N) is 3. The molecular formula is C10H15N3O. The van der Waals surface area contributed by atoms with E-state index >= 15 is 0 Å². The molecule has 1 saturated heterocycles. The van der Waals surface area contributed by atoms with E-state index in [4.69, 9.17) is 0 Å². The fourth-order valence-corrected chi connectivity index (χ4v) is 1.76. The quantitative estimate of drug-likeness (QED) is 0.669. The lowest BCUT2D eigenvalue weighted by Crippen LogP contribution is -2.18. The Bertz CT molecular complexity index is 288. The van der Waals surface area contributed by atoms with Crippen molar-refractivity contribution in [3.8, 4) is 0 Å². The van der Waals surface area contributed by atoms with Gasteiger partial charge in [-0.3, -0.25) is 4.79 Å². The number of aromatic amines is 1. The van der Waals surface area contributed by atoms with E-state index in [1.165, 1.54) is 0 Å². The van der Waals surface area contributed by atoms with Crippen molar-refractivity contribution in [1.82, 2.24) is 10.3 Å².